The van der Waals surface area contributed by atoms with Gasteiger partial charge in [-0.1, -0.05) is 11.6 Å². The number of aliphatic hydroxyl groups is 2. The molecule has 5 N–H and O–H groups in total. The van der Waals surface area contributed by atoms with Crippen LogP contribution in [-0.4, -0.2) is 99.1 Å². The first-order valence-corrected chi connectivity index (χ1v) is 13.4. The number of Topliss-reactive ketones (excluding diaryl/α,β-unsaturated/α-hetero) is 4. The molecule has 1 saturated heterocycles. The van der Waals surface area contributed by atoms with Crippen LogP contribution in [0.5, 0.6) is 5.75 Å². The Hall–Kier alpha value is -2.70. The molecule has 12 heteroatoms. The van der Waals surface area contributed by atoms with Crippen molar-refractivity contribution in [3.8, 4) is 5.75 Å². The summed E-state index contributed by atoms with van der Waals surface area (Å²) in [5, 5.41) is 32.6. The van der Waals surface area contributed by atoms with Crippen molar-refractivity contribution in [2.75, 3.05) is 27.2 Å². The summed E-state index contributed by atoms with van der Waals surface area (Å²) in [5.74, 6) is -10.9. The molecule has 0 spiro atoms. The van der Waals surface area contributed by atoms with E-state index in [0.29, 0.717) is 48.6 Å². The van der Waals surface area contributed by atoms with Crippen LogP contribution >= 0.6 is 11.6 Å². The quantitative estimate of drug-likeness (QED) is 0.349. The van der Waals surface area contributed by atoms with Crippen molar-refractivity contribution in [1.82, 2.24) is 9.80 Å². The first-order valence-electron chi connectivity index (χ1n) is 13.1. The molecule has 11 nitrogen and oxygen atoms in total. The molecule has 1 heterocycles. The molecule has 39 heavy (non-hydrogen) atoms. The van der Waals surface area contributed by atoms with E-state index in [2.05, 4.69) is 4.90 Å². The van der Waals surface area contributed by atoms with Gasteiger partial charge in [-0.25, -0.2) is 0 Å². The fourth-order valence-corrected chi connectivity index (χ4v) is 7.43. The Bertz CT molecular complexity index is 1290. The van der Waals surface area contributed by atoms with E-state index in [9.17, 15) is 39.3 Å². The molecule has 0 radical (unpaired) electrons. The van der Waals surface area contributed by atoms with Crippen LogP contribution in [0.3, 0.4) is 0 Å². The minimum atomic E-state index is -2.75. The number of likely N-dealkylation sites (tertiary alicyclic amines) is 1. The fraction of sp³-hybridized carbons (Fsp3) is 0.593. The van der Waals surface area contributed by atoms with Crippen LogP contribution < -0.4 is 5.73 Å². The van der Waals surface area contributed by atoms with E-state index in [-0.39, 0.29) is 30.3 Å². The summed E-state index contributed by atoms with van der Waals surface area (Å²) in [7, 11) is 3.07. The summed E-state index contributed by atoms with van der Waals surface area (Å²) >= 11 is 6.78. The number of carbonyl (C=O) groups excluding carboxylic acids is 5. The highest BCUT2D eigenvalue weighted by Crippen LogP contribution is 2.51. The highest BCUT2D eigenvalue weighted by molar-refractivity contribution is 6.34. The second kappa shape index (κ2) is 9.74. The average Bonchev–Trinajstić information content (AvgIpc) is 2.85. The Labute approximate surface area is 229 Å². The van der Waals surface area contributed by atoms with Crippen molar-refractivity contribution in [3.05, 3.63) is 27.8 Å². The molecule has 6 atom stereocenters. The van der Waals surface area contributed by atoms with E-state index in [1.165, 1.54) is 25.1 Å². The van der Waals surface area contributed by atoms with E-state index in [1.54, 1.807) is 0 Å². The lowest BCUT2D eigenvalue weighted by atomic mass is 9.52. The average molecular weight is 562 g/mol. The molecule has 1 aliphatic heterocycles. The van der Waals surface area contributed by atoms with Gasteiger partial charge in [0.1, 0.15) is 5.75 Å². The zero-order chi connectivity index (χ0) is 28.5. The Balaban J connectivity index is 1.54. The Morgan fingerprint density at radius 1 is 1.18 bits per heavy atom. The number of piperidine rings is 1. The molecule has 210 valence electrons. The third-order valence-electron chi connectivity index (χ3n) is 9.02. The summed E-state index contributed by atoms with van der Waals surface area (Å²) in [6.07, 6.45) is 0.961. The number of ketones is 4. The van der Waals surface area contributed by atoms with Gasteiger partial charge in [-0.05, 0) is 62.9 Å². The van der Waals surface area contributed by atoms with E-state index in [0.717, 1.165) is 0 Å². The minimum absolute atomic E-state index is 0.0325. The number of aromatic hydroxyl groups is 1. The summed E-state index contributed by atoms with van der Waals surface area (Å²) < 4.78 is 0. The van der Waals surface area contributed by atoms with Crippen LogP contribution in [0.4, 0.5) is 0 Å². The number of benzene rings is 1. The number of nitrogens with two attached hydrogens (primary N) is 1. The molecule has 1 amide bonds. The molecule has 5 rings (SSSR count). The number of amides is 1. The van der Waals surface area contributed by atoms with Gasteiger partial charge < -0.3 is 21.1 Å². The van der Waals surface area contributed by atoms with Crippen molar-refractivity contribution in [3.63, 3.8) is 0 Å². The zero-order valence-electron chi connectivity index (χ0n) is 21.7. The Kier molecular flexibility index (Phi) is 6.96. The highest BCUT2D eigenvalue weighted by Gasteiger charge is 2.69. The molecule has 4 aliphatic rings. The van der Waals surface area contributed by atoms with E-state index >= 15 is 0 Å². The molecule has 1 aromatic carbocycles. The number of carbonyl (C=O) groups is 5. The summed E-state index contributed by atoms with van der Waals surface area (Å²) in [4.78, 5) is 69.6. The number of hydrogen-bond acceptors (Lipinski definition) is 10. The lowest BCUT2D eigenvalue weighted by molar-refractivity contribution is -0.181. The van der Waals surface area contributed by atoms with Crippen LogP contribution in [0.25, 0.3) is 0 Å². The second-order valence-corrected chi connectivity index (χ2v) is 11.9. The smallest absolute Gasteiger partial charge is 0.235 e. The number of primary amides is 1. The van der Waals surface area contributed by atoms with Crippen LogP contribution in [-0.2, 0) is 32.1 Å². The normalized spacial score (nSPS) is 33.6. The van der Waals surface area contributed by atoms with Gasteiger partial charge >= 0.3 is 0 Å². The maximum absolute atomic E-state index is 13.8. The molecule has 3 aliphatic carbocycles. The summed E-state index contributed by atoms with van der Waals surface area (Å²) in [5.41, 5.74) is 3.45. The first kappa shape index (κ1) is 27.9. The van der Waals surface area contributed by atoms with Gasteiger partial charge in [0.05, 0.1) is 23.6 Å². The second-order valence-electron chi connectivity index (χ2n) is 11.5. The van der Waals surface area contributed by atoms with E-state index < -0.39 is 64.4 Å². The van der Waals surface area contributed by atoms with Gasteiger partial charge in [0.25, 0.3) is 0 Å². The van der Waals surface area contributed by atoms with Gasteiger partial charge in [0.2, 0.25) is 5.91 Å². The molecule has 3 fully saturated rings. The maximum Gasteiger partial charge on any atom is 0.235 e. The third kappa shape index (κ3) is 4.13. The van der Waals surface area contributed by atoms with Gasteiger partial charge in [0.15, 0.2) is 34.7 Å². The van der Waals surface area contributed by atoms with Crippen LogP contribution in [0.15, 0.2) is 6.07 Å². The van der Waals surface area contributed by atoms with Crippen LogP contribution in [0, 0.1) is 23.7 Å². The van der Waals surface area contributed by atoms with Gasteiger partial charge in [0, 0.05) is 30.6 Å². The van der Waals surface area contributed by atoms with E-state index in [4.69, 9.17) is 17.3 Å². The highest BCUT2D eigenvalue weighted by atomic mass is 35.5. The first-order chi connectivity index (χ1) is 18.3. The fourth-order valence-electron chi connectivity index (χ4n) is 7.14. The van der Waals surface area contributed by atoms with Gasteiger partial charge in [-0.3, -0.25) is 33.8 Å². The number of likely N-dealkylation sites (N-methyl/N-ethyl adjacent to an activating group) is 1. The number of nitrogens with zero attached hydrogens (tertiary/aromatic N) is 2. The number of fused-ring (bicyclic) bond motifs is 3. The predicted molar refractivity (Wildman–Crippen MR) is 137 cm³/mol. The van der Waals surface area contributed by atoms with Crippen molar-refractivity contribution in [2.45, 2.75) is 50.0 Å². The SMILES string of the molecule is CN(C)[C@@H]1C(=O)C(C(N)=O)C(=O)[C@@]2(O)C(=O)C3C(=O)c4c(O)cc(CN5CCC(O)CC5)c(Cl)c4C[C@H]3C[C@@H]12. The number of aliphatic hydroxyl groups excluding tert-OH is 1. The van der Waals surface area contributed by atoms with Crippen molar-refractivity contribution < 1.29 is 39.3 Å². The van der Waals surface area contributed by atoms with E-state index in [1.807, 2.05) is 0 Å². The minimum Gasteiger partial charge on any atom is -0.507 e. The Morgan fingerprint density at radius 2 is 1.82 bits per heavy atom. The Morgan fingerprint density at radius 3 is 2.41 bits per heavy atom. The molecule has 0 aromatic heterocycles. The monoisotopic (exact) mass is 561 g/mol. The van der Waals surface area contributed by atoms with Gasteiger partial charge in [-0.15, -0.1) is 0 Å². The van der Waals surface area contributed by atoms with Crippen LogP contribution in [0.1, 0.15) is 40.7 Å². The molecule has 2 saturated carbocycles. The number of hydrogen-bond donors (Lipinski definition) is 4. The number of halogens is 1. The molecular weight excluding hydrogens is 530 g/mol. The molecular formula is C27H32ClN3O8. The third-order valence-corrected chi connectivity index (χ3v) is 9.49. The number of phenols is 1. The van der Waals surface area contributed by atoms with Crippen molar-refractivity contribution in [2.24, 2.45) is 29.4 Å². The lowest BCUT2D eigenvalue weighted by Crippen LogP contribution is -2.74. The summed E-state index contributed by atoms with van der Waals surface area (Å²) in [6.45, 7) is 1.69. The predicted octanol–water partition coefficient (Wildman–Crippen LogP) is -0.523. The number of rotatable bonds is 4. The maximum atomic E-state index is 13.8. The summed E-state index contributed by atoms with van der Waals surface area (Å²) in [6, 6.07) is 0.237. The standard InChI is InChI=1S/C27H32ClN3O8/c1-30(2)21-15-8-11-7-14-18(16(33)9-12(20(14)28)10-31-5-3-13(32)4-6-31)22(34)17(11)24(36)27(15,39)25(37)19(23(21)35)26(29)38/h9,11,13,15,17,19,21,32-33,39H,3-8,10H2,1-2H3,(H2,29,38)/t11-,15-,17?,19?,21-,27-/m0/s1. The van der Waals surface area contributed by atoms with Crippen molar-refractivity contribution >= 4 is 40.6 Å². The molecule has 0 bridgehead atoms. The zero-order valence-corrected chi connectivity index (χ0v) is 22.5. The van der Waals surface area contributed by atoms with Crippen molar-refractivity contribution in [1.29, 1.82) is 0 Å². The largest absolute Gasteiger partial charge is 0.507 e. The van der Waals surface area contributed by atoms with Crippen LogP contribution in [0.2, 0.25) is 5.02 Å². The molecule has 1 aromatic rings. The van der Waals surface area contributed by atoms with Gasteiger partial charge in [-0.2, -0.15) is 0 Å². The molecule has 2 unspecified atom stereocenters. The lowest BCUT2D eigenvalue weighted by Gasteiger charge is -2.52. The topological polar surface area (TPSA) is 179 Å². The number of phenolic OH excluding ortho intramolecular Hbond substituents is 1.